The number of ether oxygens (including phenoxy) is 1. The highest BCUT2D eigenvalue weighted by Gasteiger charge is 2.37. The van der Waals surface area contributed by atoms with Gasteiger partial charge in [-0.1, -0.05) is 6.07 Å². The molecule has 0 radical (unpaired) electrons. The van der Waals surface area contributed by atoms with E-state index in [0.29, 0.717) is 24.0 Å². The summed E-state index contributed by atoms with van der Waals surface area (Å²) in [4.78, 5) is 4.42. The van der Waals surface area contributed by atoms with Crippen molar-refractivity contribution in [3.8, 4) is 0 Å². The van der Waals surface area contributed by atoms with Gasteiger partial charge >= 0.3 is 0 Å². The summed E-state index contributed by atoms with van der Waals surface area (Å²) in [6.45, 7) is 3.05. The number of nitrogens with zero attached hydrogens (tertiary/aromatic N) is 2. The SMILES string of the molecule is Cc1csc(C2COCCN2S(=O)(=O)c2cccs2)n1. The molecule has 5 nitrogen and oxygen atoms in total. The Kier molecular flexibility index (Phi) is 3.91. The zero-order valence-electron chi connectivity index (χ0n) is 10.9. The van der Waals surface area contributed by atoms with Gasteiger partial charge in [-0.05, 0) is 18.4 Å². The smallest absolute Gasteiger partial charge is 0.253 e. The molecule has 2 aromatic rings. The van der Waals surface area contributed by atoms with Crippen molar-refractivity contribution >= 4 is 32.7 Å². The molecule has 1 aliphatic heterocycles. The molecule has 3 heterocycles. The van der Waals surface area contributed by atoms with E-state index in [4.69, 9.17) is 4.74 Å². The molecule has 0 aromatic carbocycles. The second-order valence-corrected chi connectivity index (χ2v) is 8.42. The summed E-state index contributed by atoms with van der Waals surface area (Å²) in [6.07, 6.45) is 0. The van der Waals surface area contributed by atoms with E-state index < -0.39 is 10.0 Å². The number of morpholine rings is 1. The van der Waals surface area contributed by atoms with Crippen LogP contribution >= 0.6 is 22.7 Å². The number of aryl methyl sites for hydroxylation is 1. The largest absolute Gasteiger partial charge is 0.378 e. The van der Waals surface area contributed by atoms with Gasteiger partial charge in [0.15, 0.2) is 0 Å². The standard InChI is InChI=1S/C12H14N2O3S3/c1-9-8-19-12(13-9)10-7-17-5-4-14(10)20(15,16)11-3-2-6-18-11/h2-3,6,8,10H,4-5,7H2,1H3. The Bertz CT molecular complexity index is 679. The Morgan fingerprint density at radius 1 is 1.45 bits per heavy atom. The number of hydrogen-bond donors (Lipinski definition) is 0. The van der Waals surface area contributed by atoms with E-state index in [-0.39, 0.29) is 6.04 Å². The van der Waals surface area contributed by atoms with Crippen molar-refractivity contribution in [2.75, 3.05) is 19.8 Å². The molecule has 0 bridgehead atoms. The summed E-state index contributed by atoms with van der Waals surface area (Å²) in [5.74, 6) is 0. The van der Waals surface area contributed by atoms with Crippen LogP contribution in [0.25, 0.3) is 0 Å². The maximum Gasteiger partial charge on any atom is 0.253 e. The number of hydrogen-bond acceptors (Lipinski definition) is 6. The number of rotatable bonds is 3. The lowest BCUT2D eigenvalue weighted by molar-refractivity contribution is 0.0320. The number of thiazole rings is 1. The van der Waals surface area contributed by atoms with Crippen molar-refractivity contribution in [1.29, 1.82) is 0 Å². The molecule has 0 amide bonds. The third-order valence-electron chi connectivity index (χ3n) is 3.06. The summed E-state index contributed by atoms with van der Waals surface area (Å²) < 4.78 is 32.7. The molecule has 0 spiro atoms. The number of sulfonamides is 1. The summed E-state index contributed by atoms with van der Waals surface area (Å²) >= 11 is 2.72. The van der Waals surface area contributed by atoms with Gasteiger partial charge in [-0.25, -0.2) is 13.4 Å². The van der Waals surface area contributed by atoms with Gasteiger partial charge in [-0.15, -0.1) is 22.7 Å². The lowest BCUT2D eigenvalue weighted by Crippen LogP contribution is -2.43. The van der Waals surface area contributed by atoms with Crippen LogP contribution in [0.1, 0.15) is 16.7 Å². The van der Waals surface area contributed by atoms with E-state index in [1.54, 1.807) is 17.5 Å². The third kappa shape index (κ3) is 2.53. The van der Waals surface area contributed by atoms with E-state index >= 15 is 0 Å². The van der Waals surface area contributed by atoms with Crippen LogP contribution in [0.15, 0.2) is 27.1 Å². The summed E-state index contributed by atoms with van der Waals surface area (Å²) in [7, 11) is -3.47. The molecule has 108 valence electrons. The fourth-order valence-corrected chi connectivity index (χ4v) is 5.76. The zero-order chi connectivity index (χ0) is 14.2. The molecule has 8 heteroatoms. The average molecular weight is 330 g/mol. The van der Waals surface area contributed by atoms with Crippen LogP contribution in [0.2, 0.25) is 0 Å². The summed E-state index contributed by atoms with van der Waals surface area (Å²) in [5, 5.41) is 4.50. The van der Waals surface area contributed by atoms with Gasteiger partial charge in [-0.3, -0.25) is 0 Å². The molecular formula is C12H14N2O3S3. The van der Waals surface area contributed by atoms with Gasteiger partial charge in [0.2, 0.25) is 0 Å². The molecule has 0 aliphatic carbocycles. The Labute approximate surface area is 125 Å². The molecule has 20 heavy (non-hydrogen) atoms. The second-order valence-electron chi connectivity index (χ2n) is 4.47. The van der Waals surface area contributed by atoms with E-state index in [9.17, 15) is 8.42 Å². The van der Waals surface area contributed by atoms with E-state index in [1.165, 1.54) is 27.0 Å². The quantitative estimate of drug-likeness (QED) is 0.866. The average Bonchev–Trinajstić information content (AvgIpc) is 3.10. The summed E-state index contributed by atoms with van der Waals surface area (Å²) in [5.41, 5.74) is 0.907. The Morgan fingerprint density at radius 3 is 2.95 bits per heavy atom. The van der Waals surface area contributed by atoms with E-state index in [1.807, 2.05) is 12.3 Å². The molecule has 1 fully saturated rings. The minimum atomic E-state index is -3.47. The van der Waals surface area contributed by atoms with Gasteiger partial charge in [0, 0.05) is 17.6 Å². The lowest BCUT2D eigenvalue weighted by atomic mass is 10.3. The first-order valence-electron chi connectivity index (χ1n) is 6.14. The van der Waals surface area contributed by atoms with Crippen molar-refractivity contribution in [3.63, 3.8) is 0 Å². The molecule has 0 saturated carbocycles. The van der Waals surface area contributed by atoms with E-state index in [2.05, 4.69) is 4.98 Å². The lowest BCUT2D eigenvalue weighted by Gasteiger charge is -2.32. The van der Waals surface area contributed by atoms with Crippen LogP contribution in [0.4, 0.5) is 0 Å². The predicted octanol–water partition coefficient (Wildman–Crippen LogP) is 2.28. The highest BCUT2D eigenvalue weighted by Crippen LogP contribution is 2.33. The maximum absolute atomic E-state index is 12.7. The highest BCUT2D eigenvalue weighted by atomic mass is 32.2. The van der Waals surface area contributed by atoms with Gasteiger partial charge in [0.05, 0.1) is 13.2 Å². The molecule has 1 atom stereocenters. The van der Waals surface area contributed by atoms with Crippen LogP contribution in [0, 0.1) is 6.92 Å². The van der Waals surface area contributed by atoms with Gasteiger partial charge in [0.25, 0.3) is 10.0 Å². The second kappa shape index (κ2) is 5.53. The third-order valence-corrected chi connectivity index (χ3v) is 7.40. The minimum absolute atomic E-state index is 0.324. The molecule has 3 rings (SSSR count). The van der Waals surface area contributed by atoms with Crippen LogP contribution in [0.5, 0.6) is 0 Å². The Hall–Kier alpha value is -0.800. The van der Waals surface area contributed by atoms with Crippen LogP contribution < -0.4 is 0 Å². The van der Waals surface area contributed by atoms with Crippen molar-refractivity contribution < 1.29 is 13.2 Å². The van der Waals surface area contributed by atoms with Crippen molar-refractivity contribution in [3.05, 3.63) is 33.6 Å². The fraction of sp³-hybridized carbons (Fsp3) is 0.417. The molecule has 1 saturated heterocycles. The first-order chi connectivity index (χ1) is 9.59. The maximum atomic E-state index is 12.7. The van der Waals surface area contributed by atoms with Crippen molar-refractivity contribution in [2.24, 2.45) is 0 Å². The van der Waals surface area contributed by atoms with Crippen LogP contribution in [-0.2, 0) is 14.8 Å². The summed E-state index contributed by atoms with van der Waals surface area (Å²) in [6, 6.07) is 3.06. The molecular weight excluding hydrogens is 316 g/mol. The Morgan fingerprint density at radius 2 is 2.30 bits per heavy atom. The normalized spacial score (nSPS) is 21.1. The fourth-order valence-electron chi connectivity index (χ4n) is 2.12. The molecule has 1 unspecified atom stereocenters. The van der Waals surface area contributed by atoms with Gasteiger partial charge in [-0.2, -0.15) is 4.31 Å². The van der Waals surface area contributed by atoms with Crippen LogP contribution in [-0.4, -0.2) is 37.5 Å². The van der Waals surface area contributed by atoms with Crippen molar-refractivity contribution in [2.45, 2.75) is 17.2 Å². The van der Waals surface area contributed by atoms with E-state index in [0.717, 1.165) is 10.7 Å². The molecule has 0 N–H and O–H groups in total. The van der Waals surface area contributed by atoms with Crippen LogP contribution in [0.3, 0.4) is 0 Å². The molecule has 2 aromatic heterocycles. The topological polar surface area (TPSA) is 59.5 Å². The monoisotopic (exact) mass is 330 g/mol. The Balaban J connectivity index is 1.97. The molecule has 1 aliphatic rings. The minimum Gasteiger partial charge on any atom is -0.378 e. The number of thiophene rings is 1. The van der Waals surface area contributed by atoms with Gasteiger partial charge in [0.1, 0.15) is 15.3 Å². The first kappa shape index (κ1) is 14.2. The predicted molar refractivity (Wildman–Crippen MR) is 78.6 cm³/mol. The zero-order valence-corrected chi connectivity index (χ0v) is 13.3. The number of aromatic nitrogens is 1. The van der Waals surface area contributed by atoms with Gasteiger partial charge < -0.3 is 4.74 Å². The van der Waals surface area contributed by atoms with Crippen molar-refractivity contribution in [1.82, 2.24) is 9.29 Å². The first-order valence-corrected chi connectivity index (χ1v) is 9.34. The highest BCUT2D eigenvalue weighted by molar-refractivity contribution is 7.91.